The summed E-state index contributed by atoms with van der Waals surface area (Å²) in [5, 5.41) is 20.8. The van der Waals surface area contributed by atoms with Gasteiger partial charge >= 0.3 is 0 Å². The van der Waals surface area contributed by atoms with Crippen molar-refractivity contribution in [2.24, 2.45) is 0 Å². The second-order valence-electron chi connectivity index (χ2n) is 8.78. The van der Waals surface area contributed by atoms with Crippen molar-refractivity contribution in [3.8, 4) is 0 Å². The van der Waals surface area contributed by atoms with E-state index in [9.17, 15) is 19.8 Å². The van der Waals surface area contributed by atoms with E-state index in [1.807, 2.05) is 36.4 Å². The molecule has 0 aliphatic heterocycles. The molecule has 4 rings (SSSR count). The fourth-order valence-corrected chi connectivity index (χ4v) is 4.14. The summed E-state index contributed by atoms with van der Waals surface area (Å²) < 4.78 is 0. The van der Waals surface area contributed by atoms with Gasteiger partial charge in [0.25, 0.3) is 0 Å². The molecule has 0 saturated carbocycles. The first kappa shape index (κ1) is 24.3. The molecule has 0 aromatic heterocycles. The summed E-state index contributed by atoms with van der Waals surface area (Å²) in [6.45, 7) is 2.11. The predicted molar refractivity (Wildman–Crippen MR) is 136 cm³/mol. The zero-order valence-electron chi connectivity index (χ0n) is 19.5. The summed E-state index contributed by atoms with van der Waals surface area (Å²) in [7, 11) is 0. The van der Waals surface area contributed by atoms with Crippen molar-refractivity contribution in [2.45, 2.75) is 31.5 Å². The fraction of sp³-hybridized carbons (Fsp3) is 0.161. The van der Waals surface area contributed by atoms with E-state index >= 15 is 0 Å². The lowest BCUT2D eigenvalue weighted by atomic mass is 9.91. The van der Waals surface area contributed by atoms with Gasteiger partial charge in [-0.3, -0.25) is 9.59 Å². The van der Waals surface area contributed by atoms with Crippen LogP contribution in [0.3, 0.4) is 0 Å². The van der Waals surface area contributed by atoms with Gasteiger partial charge in [0.15, 0.2) is 11.6 Å². The van der Waals surface area contributed by atoms with Crippen molar-refractivity contribution in [1.82, 2.24) is 0 Å². The molecule has 4 aromatic carbocycles. The van der Waals surface area contributed by atoms with E-state index in [4.69, 9.17) is 0 Å². The number of aliphatic hydroxyl groups is 2. The molecule has 0 heterocycles. The van der Waals surface area contributed by atoms with Crippen LogP contribution in [-0.2, 0) is 6.42 Å². The van der Waals surface area contributed by atoms with Crippen molar-refractivity contribution >= 4 is 11.6 Å². The number of Topliss-reactive ketones (excluding diaryl/α,β-unsaturated/α-hetero) is 2. The van der Waals surface area contributed by atoms with Crippen molar-refractivity contribution in [2.75, 3.05) is 0 Å². The highest BCUT2D eigenvalue weighted by molar-refractivity contribution is 6.00. The number of benzene rings is 4. The molecule has 0 bridgehead atoms. The van der Waals surface area contributed by atoms with E-state index in [2.05, 4.69) is 6.92 Å². The third-order valence-electron chi connectivity index (χ3n) is 6.27. The summed E-state index contributed by atoms with van der Waals surface area (Å²) in [6.07, 6.45) is -1.60. The molecule has 3 atom stereocenters. The maximum Gasteiger partial charge on any atom is 0.195 e. The minimum atomic E-state index is -1.18. The van der Waals surface area contributed by atoms with Gasteiger partial charge in [-0.2, -0.15) is 0 Å². The highest BCUT2D eigenvalue weighted by atomic mass is 16.3. The van der Waals surface area contributed by atoms with Gasteiger partial charge in [-0.15, -0.1) is 0 Å². The van der Waals surface area contributed by atoms with Gasteiger partial charge < -0.3 is 10.2 Å². The van der Waals surface area contributed by atoms with Crippen LogP contribution in [0.5, 0.6) is 0 Å². The number of hydrogen-bond donors (Lipinski definition) is 2. The second kappa shape index (κ2) is 11.0. The zero-order valence-corrected chi connectivity index (χ0v) is 19.5. The number of carbonyl (C=O) groups excluding carboxylic acids is 2. The average Bonchev–Trinajstić information content (AvgIpc) is 2.93. The van der Waals surface area contributed by atoms with E-state index in [-0.39, 0.29) is 17.5 Å². The largest absolute Gasteiger partial charge is 0.380 e. The number of carbonyl (C=O) groups is 2. The maximum absolute atomic E-state index is 12.6. The Morgan fingerprint density at radius 2 is 0.971 bits per heavy atom. The van der Waals surface area contributed by atoms with Gasteiger partial charge in [0.2, 0.25) is 0 Å². The van der Waals surface area contributed by atoms with Gasteiger partial charge in [-0.05, 0) is 34.6 Å². The highest BCUT2D eigenvalue weighted by Gasteiger charge is 2.20. The molecule has 4 aromatic rings. The molecule has 0 aliphatic carbocycles. The summed E-state index contributed by atoms with van der Waals surface area (Å²) in [5.41, 5.74) is 4.25. The van der Waals surface area contributed by atoms with E-state index < -0.39 is 12.2 Å². The van der Waals surface area contributed by atoms with Crippen molar-refractivity contribution in [3.63, 3.8) is 0 Å². The van der Waals surface area contributed by atoms with Crippen molar-refractivity contribution < 1.29 is 19.8 Å². The summed E-state index contributed by atoms with van der Waals surface area (Å²) in [4.78, 5) is 25.3. The molecule has 4 nitrogen and oxygen atoms in total. The van der Waals surface area contributed by atoms with Gasteiger partial charge in [0.1, 0.15) is 12.2 Å². The number of hydrogen-bond acceptors (Lipinski definition) is 4. The molecule has 0 amide bonds. The molecule has 0 radical (unpaired) electrons. The molecule has 2 N–H and O–H groups in total. The quantitative estimate of drug-likeness (QED) is 0.304. The topological polar surface area (TPSA) is 74.6 Å². The molecule has 0 spiro atoms. The minimum Gasteiger partial charge on any atom is -0.380 e. The Hall–Kier alpha value is -3.86. The van der Waals surface area contributed by atoms with Gasteiger partial charge in [-0.25, -0.2) is 0 Å². The fourth-order valence-electron chi connectivity index (χ4n) is 4.14. The average molecular weight is 465 g/mol. The molecular formula is C31H28O4. The maximum atomic E-state index is 12.6. The smallest absolute Gasteiger partial charge is 0.195 e. The van der Waals surface area contributed by atoms with Gasteiger partial charge in [-0.1, -0.05) is 116 Å². The van der Waals surface area contributed by atoms with Gasteiger partial charge in [0.05, 0.1) is 0 Å². The van der Waals surface area contributed by atoms with E-state index in [1.54, 1.807) is 72.8 Å². The summed E-state index contributed by atoms with van der Waals surface area (Å²) >= 11 is 0. The number of rotatable bonds is 9. The monoisotopic (exact) mass is 464 g/mol. The van der Waals surface area contributed by atoms with Crippen LogP contribution in [0.1, 0.15) is 68.0 Å². The first-order valence-electron chi connectivity index (χ1n) is 11.7. The predicted octanol–water partition coefficient (Wildman–Crippen LogP) is 5.87. The molecule has 176 valence electrons. The molecule has 3 unspecified atom stereocenters. The van der Waals surface area contributed by atoms with E-state index in [0.29, 0.717) is 22.3 Å². The van der Waals surface area contributed by atoms with Crippen LogP contribution in [0, 0.1) is 0 Å². The highest BCUT2D eigenvalue weighted by Crippen LogP contribution is 2.24. The number of ketones is 2. The molecule has 0 aliphatic rings. The lowest BCUT2D eigenvalue weighted by molar-refractivity contribution is 0.0743. The lowest BCUT2D eigenvalue weighted by Gasteiger charge is -2.15. The van der Waals surface area contributed by atoms with Crippen LogP contribution in [0.2, 0.25) is 0 Å². The Kier molecular flexibility index (Phi) is 7.66. The Morgan fingerprint density at radius 1 is 0.571 bits per heavy atom. The van der Waals surface area contributed by atoms with Crippen LogP contribution < -0.4 is 0 Å². The van der Waals surface area contributed by atoms with Gasteiger partial charge in [0, 0.05) is 11.1 Å². The lowest BCUT2D eigenvalue weighted by Crippen LogP contribution is -2.12. The molecule has 0 fully saturated rings. The Labute approximate surface area is 205 Å². The van der Waals surface area contributed by atoms with Crippen molar-refractivity contribution in [3.05, 3.63) is 143 Å². The van der Waals surface area contributed by atoms with Crippen LogP contribution in [0.25, 0.3) is 0 Å². The summed E-state index contributed by atoms with van der Waals surface area (Å²) in [6, 6.07) is 32.5. The standard InChI is InChI=1S/C31H28O4/c1-21(23-16-18-27(19-17-23)31(35)29(33)25-10-6-3-7-11-25)20-22-12-14-26(15-13-22)30(34)28(32)24-8-4-2-5-9-24/h2-19,21,28-29,32-33H,20H2,1H3. The first-order chi connectivity index (χ1) is 16.9. The molecule has 4 heteroatoms. The van der Waals surface area contributed by atoms with Crippen molar-refractivity contribution in [1.29, 1.82) is 0 Å². The Morgan fingerprint density at radius 3 is 1.40 bits per heavy atom. The van der Waals surface area contributed by atoms with E-state index in [1.165, 1.54) is 0 Å². The Bertz CT molecular complexity index is 1260. The summed E-state index contributed by atoms with van der Waals surface area (Å²) in [5.74, 6) is -0.461. The van der Waals surface area contributed by atoms with Crippen LogP contribution >= 0.6 is 0 Å². The van der Waals surface area contributed by atoms with Crippen LogP contribution in [0.15, 0.2) is 109 Å². The third-order valence-corrected chi connectivity index (χ3v) is 6.27. The van der Waals surface area contributed by atoms with E-state index in [0.717, 1.165) is 17.5 Å². The normalized spacial score (nSPS) is 13.6. The van der Waals surface area contributed by atoms with Crippen LogP contribution in [-0.4, -0.2) is 21.8 Å². The minimum absolute atomic E-state index is 0.189. The van der Waals surface area contributed by atoms with Crippen LogP contribution in [0.4, 0.5) is 0 Å². The zero-order chi connectivity index (χ0) is 24.8. The molecule has 0 saturated heterocycles. The first-order valence-corrected chi connectivity index (χ1v) is 11.7. The Balaban J connectivity index is 1.38. The SMILES string of the molecule is CC(Cc1ccc(C(=O)C(O)c2ccccc2)cc1)c1ccc(C(=O)C(O)c2ccccc2)cc1. The third kappa shape index (κ3) is 5.80. The molecular weight excluding hydrogens is 436 g/mol. The second-order valence-corrected chi connectivity index (χ2v) is 8.78. The number of aliphatic hydroxyl groups excluding tert-OH is 2. The molecule has 35 heavy (non-hydrogen) atoms.